The van der Waals surface area contributed by atoms with Crippen molar-refractivity contribution in [3.05, 3.63) is 28.2 Å². The van der Waals surface area contributed by atoms with E-state index in [1.165, 1.54) is 22.1 Å². The van der Waals surface area contributed by atoms with Gasteiger partial charge in [0.25, 0.3) is 0 Å². The molecule has 0 aromatic heterocycles. The third-order valence-electron chi connectivity index (χ3n) is 3.79. The topological polar surface area (TPSA) is 15.3 Å². The molecular formula is C18H31BrN2. The molecule has 1 atom stereocenters. The minimum absolute atomic E-state index is 0.150. The zero-order valence-electron chi connectivity index (χ0n) is 14.5. The molecule has 0 aliphatic rings. The molecular weight excluding hydrogens is 324 g/mol. The fraction of sp³-hybridized carbons (Fsp3) is 0.667. The average Bonchev–Trinajstić information content (AvgIpc) is 2.42. The van der Waals surface area contributed by atoms with Crippen molar-refractivity contribution >= 4 is 21.6 Å². The number of hydrogen-bond acceptors (Lipinski definition) is 2. The van der Waals surface area contributed by atoms with Gasteiger partial charge in [-0.05, 0) is 67.2 Å². The van der Waals surface area contributed by atoms with Crippen LogP contribution in [-0.2, 0) is 6.54 Å². The smallest absolute Gasteiger partial charge is 0.0510 e. The van der Waals surface area contributed by atoms with Crippen LogP contribution in [0.1, 0.15) is 53.5 Å². The molecule has 0 heterocycles. The van der Waals surface area contributed by atoms with E-state index in [9.17, 15) is 0 Å². The first-order chi connectivity index (χ1) is 9.76. The van der Waals surface area contributed by atoms with Crippen molar-refractivity contribution in [1.29, 1.82) is 0 Å². The molecule has 0 aliphatic carbocycles. The van der Waals surface area contributed by atoms with E-state index in [0.717, 1.165) is 25.6 Å². The number of anilines is 1. The summed E-state index contributed by atoms with van der Waals surface area (Å²) in [6.07, 6.45) is 1.22. The SMILES string of the molecule is CCC(C)CN(CC)c1ccc(CNC(C)(C)C)cc1Br. The Morgan fingerprint density at radius 3 is 2.38 bits per heavy atom. The summed E-state index contributed by atoms with van der Waals surface area (Å²) in [7, 11) is 0. The average molecular weight is 355 g/mol. The fourth-order valence-corrected chi connectivity index (χ4v) is 2.86. The Bertz CT molecular complexity index is 437. The Morgan fingerprint density at radius 1 is 1.24 bits per heavy atom. The van der Waals surface area contributed by atoms with Crippen LogP contribution in [0.3, 0.4) is 0 Å². The molecule has 0 aliphatic heterocycles. The molecule has 0 radical (unpaired) electrons. The van der Waals surface area contributed by atoms with Gasteiger partial charge in [-0.2, -0.15) is 0 Å². The van der Waals surface area contributed by atoms with Crippen LogP contribution < -0.4 is 10.2 Å². The summed E-state index contributed by atoms with van der Waals surface area (Å²) in [4.78, 5) is 2.46. The van der Waals surface area contributed by atoms with Crippen LogP contribution in [0.15, 0.2) is 22.7 Å². The third kappa shape index (κ3) is 6.39. The van der Waals surface area contributed by atoms with Crippen LogP contribution in [0, 0.1) is 5.92 Å². The number of benzene rings is 1. The van der Waals surface area contributed by atoms with Crippen LogP contribution in [0.5, 0.6) is 0 Å². The van der Waals surface area contributed by atoms with Crippen molar-refractivity contribution < 1.29 is 0 Å². The largest absolute Gasteiger partial charge is 0.371 e. The maximum Gasteiger partial charge on any atom is 0.0510 e. The van der Waals surface area contributed by atoms with Crippen LogP contribution in [-0.4, -0.2) is 18.6 Å². The van der Waals surface area contributed by atoms with Gasteiger partial charge in [0.05, 0.1) is 5.69 Å². The number of halogens is 1. The minimum Gasteiger partial charge on any atom is -0.371 e. The van der Waals surface area contributed by atoms with Gasteiger partial charge in [-0.1, -0.05) is 26.3 Å². The lowest BCUT2D eigenvalue weighted by atomic mass is 10.1. The molecule has 21 heavy (non-hydrogen) atoms. The Kier molecular flexibility index (Phi) is 7.22. The van der Waals surface area contributed by atoms with Crippen molar-refractivity contribution in [3.63, 3.8) is 0 Å². The van der Waals surface area contributed by atoms with Gasteiger partial charge >= 0.3 is 0 Å². The summed E-state index contributed by atoms with van der Waals surface area (Å²) in [6, 6.07) is 6.72. The molecule has 0 amide bonds. The molecule has 0 saturated carbocycles. The van der Waals surface area contributed by atoms with E-state index in [0.29, 0.717) is 0 Å². The molecule has 120 valence electrons. The fourth-order valence-electron chi connectivity index (χ4n) is 2.19. The van der Waals surface area contributed by atoms with Crippen molar-refractivity contribution in [2.24, 2.45) is 5.92 Å². The van der Waals surface area contributed by atoms with Gasteiger partial charge in [0.2, 0.25) is 0 Å². The molecule has 0 bridgehead atoms. The van der Waals surface area contributed by atoms with Crippen LogP contribution in [0.4, 0.5) is 5.69 Å². The van der Waals surface area contributed by atoms with Crippen molar-refractivity contribution in [2.45, 2.75) is 60.0 Å². The molecule has 3 heteroatoms. The van der Waals surface area contributed by atoms with E-state index in [1.807, 2.05) is 0 Å². The van der Waals surface area contributed by atoms with E-state index >= 15 is 0 Å². The molecule has 0 saturated heterocycles. The number of rotatable bonds is 7. The van der Waals surface area contributed by atoms with Crippen LogP contribution in [0.25, 0.3) is 0 Å². The maximum atomic E-state index is 3.75. The highest BCUT2D eigenvalue weighted by Crippen LogP contribution is 2.28. The van der Waals surface area contributed by atoms with E-state index < -0.39 is 0 Å². The molecule has 1 unspecified atom stereocenters. The zero-order chi connectivity index (χ0) is 16.0. The summed E-state index contributed by atoms with van der Waals surface area (Å²) in [5.41, 5.74) is 2.77. The minimum atomic E-state index is 0.150. The summed E-state index contributed by atoms with van der Waals surface area (Å²) in [5.74, 6) is 0.721. The maximum absolute atomic E-state index is 3.75. The van der Waals surface area contributed by atoms with Gasteiger partial charge < -0.3 is 10.2 Å². The predicted octanol–water partition coefficient (Wildman–Crippen LogP) is 5.21. The lowest BCUT2D eigenvalue weighted by Gasteiger charge is -2.28. The predicted molar refractivity (Wildman–Crippen MR) is 98.1 cm³/mol. The van der Waals surface area contributed by atoms with Gasteiger partial charge in [-0.3, -0.25) is 0 Å². The molecule has 1 rings (SSSR count). The zero-order valence-corrected chi connectivity index (χ0v) is 16.0. The number of nitrogens with one attached hydrogen (secondary N) is 1. The van der Waals surface area contributed by atoms with E-state index in [-0.39, 0.29) is 5.54 Å². The highest BCUT2D eigenvalue weighted by Gasteiger charge is 2.13. The lowest BCUT2D eigenvalue weighted by Crippen LogP contribution is -2.35. The summed E-state index contributed by atoms with van der Waals surface area (Å²) in [5, 5.41) is 3.53. The first-order valence-electron chi connectivity index (χ1n) is 8.05. The highest BCUT2D eigenvalue weighted by molar-refractivity contribution is 9.10. The summed E-state index contributed by atoms with van der Waals surface area (Å²) in [6.45, 7) is 16.5. The van der Waals surface area contributed by atoms with Crippen LogP contribution in [0.2, 0.25) is 0 Å². The first kappa shape index (κ1) is 18.5. The number of nitrogens with zero attached hydrogens (tertiary/aromatic N) is 1. The van der Waals surface area contributed by atoms with Gasteiger partial charge in [-0.15, -0.1) is 0 Å². The van der Waals surface area contributed by atoms with Gasteiger partial charge in [0.15, 0.2) is 0 Å². The van der Waals surface area contributed by atoms with E-state index in [4.69, 9.17) is 0 Å². The molecule has 1 N–H and O–H groups in total. The lowest BCUT2D eigenvalue weighted by molar-refractivity contribution is 0.424. The summed E-state index contributed by atoms with van der Waals surface area (Å²) < 4.78 is 1.20. The van der Waals surface area contributed by atoms with Gasteiger partial charge in [0, 0.05) is 29.6 Å². The Hall–Kier alpha value is -0.540. The third-order valence-corrected chi connectivity index (χ3v) is 4.42. The Morgan fingerprint density at radius 2 is 1.90 bits per heavy atom. The normalized spacial score (nSPS) is 13.3. The first-order valence-corrected chi connectivity index (χ1v) is 8.84. The van der Waals surface area contributed by atoms with Crippen molar-refractivity contribution in [2.75, 3.05) is 18.0 Å². The van der Waals surface area contributed by atoms with Crippen LogP contribution >= 0.6 is 15.9 Å². The number of hydrogen-bond donors (Lipinski definition) is 1. The monoisotopic (exact) mass is 354 g/mol. The second kappa shape index (κ2) is 8.19. The van der Waals surface area contributed by atoms with E-state index in [2.05, 4.69) is 85.9 Å². The quantitative estimate of drug-likeness (QED) is 0.722. The van der Waals surface area contributed by atoms with Crippen molar-refractivity contribution in [3.8, 4) is 0 Å². The summed E-state index contributed by atoms with van der Waals surface area (Å²) >= 11 is 3.75. The molecule has 2 nitrogen and oxygen atoms in total. The molecule has 1 aromatic carbocycles. The Balaban J connectivity index is 2.81. The second-order valence-corrected chi connectivity index (χ2v) is 7.80. The van der Waals surface area contributed by atoms with E-state index in [1.54, 1.807) is 0 Å². The standard InChI is InChI=1S/C18H31BrN2/c1-7-14(3)13-21(8-2)17-10-9-15(11-16(17)19)12-20-18(4,5)6/h9-11,14,20H,7-8,12-13H2,1-6H3. The van der Waals surface area contributed by atoms with Crippen molar-refractivity contribution in [1.82, 2.24) is 5.32 Å². The second-order valence-electron chi connectivity index (χ2n) is 6.94. The molecule has 0 spiro atoms. The highest BCUT2D eigenvalue weighted by atomic mass is 79.9. The van der Waals surface area contributed by atoms with Gasteiger partial charge in [0.1, 0.15) is 0 Å². The molecule has 1 aromatic rings. The Labute approximate surface area is 139 Å². The van der Waals surface area contributed by atoms with Gasteiger partial charge in [-0.25, -0.2) is 0 Å². The molecule has 0 fully saturated rings.